The first-order chi connectivity index (χ1) is 9.82. The molecule has 0 radical (unpaired) electrons. The van der Waals surface area contributed by atoms with Crippen LogP contribution in [-0.4, -0.2) is 24.2 Å². The number of carboxylic acids is 1. The SMILES string of the molecule is CCC1CCCN(c2ccc(C(F)(F)F)cc2C(=O)O)C1. The minimum absolute atomic E-state index is 0.276. The van der Waals surface area contributed by atoms with E-state index in [1.807, 2.05) is 4.90 Å². The van der Waals surface area contributed by atoms with Crippen LogP contribution in [0.3, 0.4) is 0 Å². The Morgan fingerprint density at radius 2 is 2.14 bits per heavy atom. The van der Waals surface area contributed by atoms with Gasteiger partial charge in [-0.15, -0.1) is 0 Å². The van der Waals surface area contributed by atoms with Crippen LogP contribution in [0.2, 0.25) is 0 Å². The molecule has 0 spiro atoms. The van der Waals surface area contributed by atoms with E-state index in [-0.39, 0.29) is 5.56 Å². The molecule has 1 aromatic carbocycles. The molecule has 1 saturated heterocycles. The van der Waals surface area contributed by atoms with Gasteiger partial charge in [0, 0.05) is 13.1 Å². The van der Waals surface area contributed by atoms with Gasteiger partial charge in [0.15, 0.2) is 0 Å². The number of piperidine rings is 1. The van der Waals surface area contributed by atoms with E-state index in [2.05, 4.69) is 6.92 Å². The Labute approximate surface area is 121 Å². The molecule has 0 saturated carbocycles. The van der Waals surface area contributed by atoms with E-state index in [1.54, 1.807) is 0 Å². The van der Waals surface area contributed by atoms with Crippen molar-refractivity contribution in [2.24, 2.45) is 5.92 Å². The average molecular weight is 301 g/mol. The molecule has 0 aliphatic carbocycles. The second-order valence-electron chi connectivity index (χ2n) is 5.40. The highest BCUT2D eigenvalue weighted by Gasteiger charge is 2.32. The van der Waals surface area contributed by atoms with Gasteiger partial charge in [0.25, 0.3) is 0 Å². The zero-order chi connectivity index (χ0) is 15.6. The van der Waals surface area contributed by atoms with Gasteiger partial charge < -0.3 is 10.0 Å². The summed E-state index contributed by atoms with van der Waals surface area (Å²) >= 11 is 0. The number of nitrogens with zero attached hydrogens (tertiary/aromatic N) is 1. The van der Waals surface area contributed by atoms with Gasteiger partial charge in [0.1, 0.15) is 0 Å². The van der Waals surface area contributed by atoms with Crippen LogP contribution in [0.25, 0.3) is 0 Å². The minimum Gasteiger partial charge on any atom is -0.478 e. The van der Waals surface area contributed by atoms with Crippen molar-refractivity contribution < 1.29 is 23.1 Å². The van der Waals surface area contributed by atoms with Crippen LogP contribution in [0.1, 0.15) is 42.1 Å². The van der Waals surface area contributed by atoms with Crippen LogP contribution in [-0.2, 0) is 6.18 Å². The molecular formula is C15H18F3NO2. The third-order valence-electron chi connectivity index (χ3n) is 3.99. The summed E-state index contributed by atoms with van der Waals surface area (Å²) in [5, 5.41) is 9.22. The van der Waals surface area contributed by atoms with Gasteiger partial charge in [-0.3, -0.25) is 0 Å². The number of rotatable bonds is 3. The van der Waals surface area contributed by atoms with Crippen molar-refractivity contribution in [1.82, 2.24) is 0 Å². The Hall–Kier alpha value is -1.72. The molecule has 0 bridgehead atoms. The van der Waals surface area contributed by atoms with Crippen LogP contribution >= 0.6 is 0 Å². The molecule has 116 valence electrons. The van der Waals surface area contributed by atoms with E-state index < -0.39 is 17.7 Å². The van der Waals surface area contributed by atoms with E-state index in [0.717, 1.165) is 31.4 Å². The molecule has 1 aliphatic rings. The first-order valence-electron chi connectivity index (χ1n) is 7.02. The Morgan fingerprint density at radius 1 is 1.43 bits per heavy atom. The van der Waals surface area contributed by atoms with Crippen molar-refractivity contribution in [3.05, 3.63) is 29.3 Å². The van der Waals surface area contributed by atoms with Crippen molar-refractivity contribution in [3.63, 3.8) is 0 Å². The predicted molar refractivity (Wildman–Crippen MR) is 73.6 cm³/mol. The van der Waals surface area contributed by atoms with E-state index >= 15 is 0 Å². The zero-order valence-electron chi connectivity index (χ0n) is 11.8. The molecule has 3 nitrogen and oxygen atoms in total. The summed E-state index contributed by atoms with van der Waals surface area (Å²) in [4.78, 5) is 13.2. The molecule has 0 aromatic heterocycles. The third kappa shape index (κ3) is 3.49. The van der Waals surface area contributed by atoms with Crippen LogP contribution in [0.4, 0.5) is 18.9 Å². The highest BCUT2D eigenvalue weighted by atomic mass is 19.4. The van der Waals surface area contributed by atoms with Gasteiger partial charge >= 0.3 is 12.1 Å². The lowest BCUT2D eigenvalue weighted by Gasteiger charge is -2.35. The number of hydrogen-bond acceptors (Lipinski definition) is 2. The molecule has 1 fully saturated rings. The first kappa shape index (κ1) is 15.7. The Kier molecular flexibility index (Phi) is 4.44. The molecule has 1 N–H and O–H groups in total. The monoisotopic (exact) mass is 301 g/mol. The minimum atomic E-state index is -4.53. The van der Waals surface area contributed by atoms with Gasteiger partial charge in [-0.05, 0) is 37.0 Å². The Balaban J connectivity index is 2.37. The van der Waals surface area contributed by atoms with Gasteiger partial charge in [0.05, 0.1) is 16.8 Å². The Bertz CT molecular complexity index is 528. The topological polar surface area (TPSA) is 40.5 Å². The maximum atomic E-state index is 12.7. The largest absolute Gasteiger partial charge is 0.478 e. The third-order valence-corrected chi connectivity index (χ3v) is 3.99. The van der Waals surface area contributed by atoms with Crippen molar-refractivity contribution in [1.29, 1.82) is 0 Å². The number of alkyl halides is 3. The van der Waals surface area contributed by atoms with Crippen LogP contribution in [0, 0.1) is 5.92 Å². The molecule has 1 heterocycles. The lowest BCUT2D eigenvalue weighted by Crippen LogP contribution is -2.36. The summed E-state index contributed by atoms with van der Waals surface area (Å²) < 4.78 is 38.1. The Morgan fingerprint density at radius 3 is 2.71 bits per heavy atom. The van der Waals surface area contributed by atoms with Crippen molar-refractivity contribution in [2.75, 3.05) is 18.0 Å². The van der Waals surface area contributed by atoms with Gasteiger partial charge in [0.2, 0.25) is 0 Å². The highest BCUT2D eigenvalue weighted by molar-refractivity contribution is 5.94. The molecule has 1 aliphatic heterocycles. The molecular weight excluding hydrogens is 283 g/mol. The average Bonchev–Trinajstić information content (AvgIpc) is 2.45. The maximum absolute atomic E-state index is 12.7. The van der Waals surface area contributed by atoms with E-state index in [4.69, 9.17) is 0 Å². The molecule has 2 rings (SSSR count). The van der Waals surface area contributed by atoms with Gasteiger partial charge in [-0.2, -0.15) is 13.2 Å². The fourth-order valence-electron chi connectivity index (χ4n) is 2.78. The predicted octanol–water partition coefficient (Wildman–Crippen LogP) is 4.03. The summed E-state index contributed by atoms with van der Waals surface area (Å²) in [7, 11) is 0. The highest BCUT2D eigenvalue weighted by Crippen LogP contribution is 2.34. The smallest absolute Gasteiger partial charge is 0.416 e. The van der Waals surface area contributed by atoms with Crippen molar-refractivity contribution in [3.8, 4) is 0 Å². The van der Waals surface area contributed by atoms with E-state index in [9.17, 15) is 23.1 Å². The lowest BCUT2D eigenvalue weighted by atomic mass is 9.94. The number of hydrogen-bond donors (Lipinski definition) is 1. The molecule has 1 unspecified atom stereocenters. The fourth-order valence-corrected chi connectivity index (χ4v) is 2.78. The molecule has 1 atom stereocenters. The number of anilines is 1. The molecule has 1 aromatic rings. The normalized spacial score (nSPS) is 19.6. The summed E-state index contributed by atoms with van der Waals surface area (Å²) in [5.41, 5.74) is -0.817. The van der Waals surface area contributed by atoms with Gasteiger partial charge in [-0.1, -0.05) is 13.3 Å². The van der Waals surface area contributed by atoms with Crippen molar-refractivity contribution in [2.45, 2.75) is 32.4 Å². The maximum Gasteiger partial charge on any atom is 0.416 e. The zero-order valence-corrected chi connectivity index (χ0v) is 11.8. The number of carbonyl (C=O) groups is 1. The molecule has 6 heteroatoms. The van der Waals surface area contributed by atoms with Gasteiger partial charge in [-0.25, -0.2) is 4.79 Å². The number of aromatic carboxylic acids is 1. The van der Waals surface area contributed by atoms with Crippen molar-refractivity contribution >= 4 is 11.7 Å². The molecule has 0 amide bonds. The second-order valence-corrected chi connectivity index (χ2v) is 5.40. The summed E-state index contributed by atoms with van der Waals surface area (Å²) in [5.74, 6) is -0.864. The quantitative estimate of drug-likeness (QED) is 0.916. The van der Waals surface area contributed by atoms with E-state index in [0.29, 0.717) is 24.7 Å². The first-order valence-corrected chi connectivity index (χ1v) is 7.02. The van der Waals surface area contributed by atoms with Crippen LogP contribution in [0.5, 0.6) is 0 Å². The summed E-state index contributed by atoms with van der Waals surface area (Å²) in [6, 6.07) is 2.97. The van der Waals surface area contributed by atoms with Crippen LogP contribution in [0.15, 0.2) is 18.2 Å². The number of carboxylic acid groups (broad SMARTS) is 1. The number of benzene rings is 1. The molecule has 21 heavy (non-hydrogen) atoms. The number of halogens is 3. The summed E-state index contributed by atoms with van der Waals surface area (Å²) in [6.45, 7) is 3.45. The lowest BCUT2D eigenvalue weighted by molar-refractivity contribution is -0.137. The van der Waals surface area contributed by atoms with E-state index in [1.165, 1.54) is 6.07 Å². The second kappa shape index (κ2) is 5.95. The van der Waals surface area contributed by atoms with Crippen LogP contribution < -0.4 is 4.90 Å². The summed E-state index contributed by atoms with van der Waals surface area (Å²) in [6.07, 6.45) is -1.54. The fraction of sp³-hybridized carbons (Fsp3) is 0.533. The standard InChI is InChI=1S/C15H18F3NO2/c1-2-10-4-3-7-19(9-10)13-6-5-11(15(16,17)18)8-12(13)14(20)21/h5-6,8,10H,2-4,7,9H2,1H3,(H,20,21).